The minimum absolute atomic E-state index is 0.0658. The fraction of sp³-hybridized carbons (Fsp3) is 0.391. The van der Waals surface area contributed by atoms with Gasteiger partial charge >= 0.3 is 0 Å². The molecule has 5 nitrogen and oxygen atoms in total. The second kappa shape index (κ2) is 9.40. The van der Waals surface area contributed by atoms with E-state index in [9.17, 15) is 9.59 Å². The molecular formula is C23H28N2O3. The van der Waals surface area contributed by atoms with Gasteiger partial charge in [0, 0.05) is 24.3 Å². The maximum Gasteiger partial charge on any atom is 0.265 e. The average Bonchev–Trinajstić information content (AvgIpc) is 2.99. The van der Waals surface area contributed by atoms with Crippen molar-refractivity contribution in [2.24, 2.45) is 0 Å². The van der Waals surface area contributed by atoms with Gasteiger partial charge in [-0.05, 0) is 62.6 Å². The molecule has 0 saturated carbocycles. The van der Waals surface area contributed by atoms with Gasteiger partial charge in [-0.3, -0.25) is 9.59 Å². The van der Waals surface area contributed by atoms with E-state index in [1.165, 1.54) is 12.8 Å². The van der Waals surface area contributed by atoms with E-state index < -0.39 is 6.10 Å². The van der Waals surface area contributed by atoms with Crippen LogP contribution in [-0.4, -0.2) is 35.9 Å². The van der Waals surface area contributed by atoms with Gasteiger partial charge in [0.2, 0.25) is 0 Å². The van der Waals surface area contributed by atoms with E-state index in [0.717, 1.165) is 31.5 Å². The van der Waals surface area contributed by atoms with E-state index in [2.05, 4.69) is 5.32 Å². The number of rotatable bonds is 5. The lowest BCUT2D eigenvalue weighted by molar-refractivity contribution is -0.122. The van der Waals surface area contributed by atoms with E-state index in [1.54, 1.807) is 31.2 Å². The Morgan fingerprint density at radius 3 is 2.25 bits per heavy atom. The number of benzene rings is 2. The van der Waals surface area contributed by atoms with Gasteiger partial charge in [-0.2, -0.15) is 0 Å². The zero-order valence-corrected chi connectivity index (χ0v) is 16.6. The number of amides is 2. The Balaban J connectivity index is 1.58. The molecule has 5 heteroatoms. The molecule has 2 aromatic carbocycles. The van der Waals surface area contributed by atoms with Crippen molar-refractivity contribution < 1.29 is 14.3 Å². The molecule has 0 bridgehead atoms. The van der Waals surface area contributed by atoms with Crippen molar-refractivity contribution in [3.8, 4) is 5.75 Å². The number of para-hydroxylation sites is 1. The highest BCUT2D eigenvalue weighted by molar-refractivity contribution is 5.96. The van der Waals surface area contributed by atoms with Crippen molar-refractivity contribution in [1.82, 2.24) is 4.90 Å². The summed E-state index contributed by atoms with van der Waals surface area (Å²) in [4.78, 5) is 27.0. The molecule has 1 fully saturated rings. The number of ether oxygens (including phenoxy) is 1. The maximum absolute atomic E-state index is 12.6. The van der Waals surface area contributed by atoms with Crippen LogP contribution < -0.4 is 10.1 Å². The van der Waals surface area contributed by atoms with Gasteiger partial charge in [0.25, 0.3) is 11.8 Å². The highest BCUT2D eigenvalue weighted by atomic mass is 16.5. The first-order valence-corrected chi connectivity index (χ1v) is 9.97. The van der Waals surface area contributed by atoms with Crippen LogP contribution in [0.25, 0.3) is 0 Å². The van der Waals surface area contributed by atoms with Gasteiger partial charge in [-0.15, -0.1) is 0 Å². The Labute approximate surface area is 166 Å². The van der Waals surface area contributed by atoms with Crippen molar-refractivity contribution in [3.05, 3.63) is 59.7 Å². The Morgan fingerprint density at radius 2 is 1.61 bits per heavy atom. The first-order chi connectivity index (χ1) is 13.5. The van der Waals surface area contributed by atoms with E-state index in [1.807, 2.05) is 36.1 Å². The van der Waals surface area contributed by atoms with Crippen LogP contribution in [0.3, 0.4) is 0 Å². The third-order valence-corrected chi connectivity index (χ3v) is 5.06. The summed E-state index contributed by atoms with van der Waals surface area (Å²) in [5.41, 5.74) is 2.29. The highest BCUT2D eigenvalue weighted by Gasteiger charge is 2.18. The normalized spacial score (nSPS) is 15.4. The molecule has 0 aliphatic carbocycles. The van der Waals surface area contributed by atoms with Crippen LogP contribution in [0.4, 0.5) is 5.69 Å². The Morgan fingerprint density at radius 1 is 0.964 bits per heavy atom. The number of likely N-dealkylation sites (tertiary alicyclic amines) is 1. The van der Waals surface area contributed by atoms with E-state index in [0.29, 0.717) is 17.0 Å². The molecule has 1 aliphatic heterocycles. The lowest BCUT2D eigenvalue weighted by Crippen LogP contribution is -2.32. The van der Waals surface area contributed by atoms with Gasteiger partial charge in [-0.25, -0.2) is 0 Å². The summed E-state index contributed by atoms with van der Waals surface area (Å²) in [5, 5.41) is 2.85. The summed E-state index contributed by atoms with van der Waals surface area (Å²) in [7, 11) is 0. The Bertz CT molecular complexity index is 809. The van der Waals surface area contributed by atoms with Gasteiger partial charge in [0.15, 0.2) is 6.10 Å². The zero-order valence-electron chi connectivity index (χ0n) is 16.6. The van der Waals surface area contributed by atoms with E-state index in [4.69, 9.17) is 4.74 Å². The van der Waals surface area contributed by atoms with Crippen LogP contribution in [0.2, 0.25) is 0 Å². The molecule has 0 radical (unpaired) electrons. The molecule has 1 heterocycles. The van der Waals surface area contributed by atoms with Crippen LogP contribution in [0, 0.1) is 6.92 Å². The van der Waals surface area contributed by atoms with Crippen LogP contribution >= 0.6 is 0 Å². The summed E-state index contributed by atoms with van der Waals surface area (Å²) in [6, 6.07) is 14.7. The lowest BCUT2D eigenvalue weighted by atomic mass is 10.1. The van der Waals surface area contributed by atoms with Crippen molar-refractivity contribution >= 4 is 17.5 Å². The van der Waals surface area contributed by atoms with Crippen LogP contribution in [0.15, 0.2) is 48.5 Å². The Kier molecular flexibility index (Phi) is 6.69. The average molecular weight is 380 g/mol. The molecular weight excluding hydrogens is 352 g/mol. The van der Waals surface area contributed by atoms with Crippen LogP contribution in [-0.2, 0) is 4.79 Å². The lowest BCUT2D eigenvalue weighted by Gasteiger charge is -2.20. The number of nitrogens with zero attached hydrogens (tertiary/aromatic N) is 1. The molecule has 148 valence electrons. The number of hydrogen-bond acceptors (Lipinski definition) is 3. The topological polar surface area (TPSA) is 58.6 Å². The predicted molar refractivity (Wildman–Crippen MR) is 111 cm³/mol. The highest BCUT2D eigenvalue weighted by Crippen LogP contribution is 2.19. The molecule has 2 aromatic rings. The zero-order chi connectivity index (χ0) is 19.9. The molecule has 0 aromatic heterocycles. The molecule has 1 unspecified atom stereocenters. The summed E-state index contributed by atoms with van der Waals surface area (Å²) < 4.78 is 5.76. The standard InChI is InChI=1S/C23H28N2O3/c1-17-9-5-6-10-21(17)28-18(2)22(26)24-20-13-11-19(12-14-20)23(27)25-15-7-3-4-8-16-25/h5-6,9-14,18H,3-4,7-8,15-16H2,1-2H3,(H,24,26). The molecule has 1 atom stereocenters. The van der Waals surface area contributed by atoms with E-state index >= 15 is 0 Å². The number of carbonyl (C=O) groups excluding carboxylic acids is 2. The van der Waals surface area contributed by atoms with Crippen LogP contribution in [0.1, 0.15) is 48.5 Å². The molecule has 1 N–H and O–H groups in total. The second-order valence-corrected chi connectivity index (χ2v) is 7.30. The van der Waals surface area contributed by atoms with Crippen molar-refractivity contribution in [3.63, 3.8) is 0 Å². The van der Waals surface area contributed by atoms with Crippen molar-refractivity contribution in [2.45, 2.75) is 45.6 Å². The molecule has 1 aliphatic rings. The summed E-state index contributed by atoms with van der Waals surface area (Å²) in [5.74, 6) is 0.537. The molecule has 0 spiro atoms. The molecule has 2 amide bonds. The first-order valence-electron chi connectivity index (χ1n) is 9.97. The third kappa shape index (κ3) is 5.12. The number of aryl methyl sites for hydroxylation is 1. The Hall–Kier alpha value is -2.82. The van der Waals surface area contributed by atoms with Gasteiger partial charge in [-0.1, -0.05) is 31.0 Å². The molecule has 1 saturated heterocycles. The number of nitrogens with one attached hydrogen (secondary N) is 1. The maximum atomic E-state index is 12.6. The quantitative estimate of drug-likeness (QED) is 0.835. The smallest absolute Gasteiger partial charge is 0.265 e. The number of anilines is 1. The van der Waals surface area contributed by atoms with Crippen molar-refractivity contribution in [2.75, 3.05) is 18.4 Å². The van der Waals surface area contributed by atoms with E-state index in [-0.39, 0.29) is 11.8 Å². The monoisotopic (exact) mass is 380 g/mol. The first kappa shape index (κ1) is 19.9. The fourth-order valence-corrected chi connectivity index (χ4v) is 3.33. The minimum atomic E-state index is -0.625. The fourth-order valence-electron chi connectivity index (χ4n) is 3.33. The molecule has 28 heavy (non-hydrogen) atoms. The summed E-state index contributed by atoms with van der Waals surface area (Å²) >= 11 is 0. The largest absolute Gasteiger partial charge is 0.481 e. The summed E-state index contributed by atoms with van der Waals surface area (Å²) in [6.45, 7) is 5.31. The number of carbonyl (C=O) groups is 2. The minimum Gasteiger partial charge on any atom is -0.481 e. The van der Waals surface area contributed by atoms with Gasteiger partial charge in [0.05, 0.1) is 0 Å². The van der Waals surface area contributed by atoms with Gasteiger partial charge < -0.3 is 15.0 Å². The third-order valence-electron chi connectivity index (χ3n) is 5.06. The van der Waals surface area contributed by atoms with Crippen LogP contribution in [0.5, 0.6) is 5.75 Å². The number of hydrogen-bond donors (Lipinski definition) is 1. The van der Waals surface area contributed by atoms with Crippen molar-refractivity contribution in [1.29, 1.82) is 0 Å². The SMILES string of the molecule is Cc1ccccc1OC(C)C(=O)Nc1ccc(C(=O)N2CCCCCC2)cc1. The van der Waals surface area contributed by atoms with Gasteiger partial charge in [0.1, 0.15) is 5.75 Å². The predicted octanol–water partition coefficient (Wildman–Crippen LogP) is 4.42. The second-order valence-electron chi connectivity index (χ2n) is 7.30. The molecule has 3 rings (SSSR count). The summed E-state index contributed by atoms with van der Waals surface area (Å²) in [6.07, 6.45) is 3.89.